The van der Waals surface area contributed by atoms with E-state index in [2.05, 4.69) is 11.2 Å². The third-order valence-electron chi connectivity index (χ3n) is 4.69. The molecule has 2 aromatic carbocycles. The average molecular weight is 377 g/mol. The lowest BCUT2D eigenvalue weighted by Gasteiger charge is -2.23. The lowest BCUT2D eigenvalue weighted by Crippen LogP contribution is -2.35. The van der Waals surface area contributed by atoms with Crippen LogP contribution in [0.3, 0.4) is 0 Å². The number of hydrogen-bond donors (Lipinski definition) is 0. The second kappa shape index (κ2) is 7.97. The minimum atomic E-state index is -0.193. The third kappa shape index (κ3) is 3.84. The molecular formula is C23H27N3O2. The summed E-state index contributed by atoms with van der Waals surface area (Å²) in [5, 5.41) is 5.62. The van der Waals surface area contributed by atoms with E-state index in [9.17, 15) is 9.59 Å². The maximum atomic E-state index is 13.5. The molecule has 1 aromatic heterocycles. The van der Waals surface area contributed by atoms with Crippen molar-refractivity contribution in [1.29, 1.82) is 0 Å². The number of carbonyl (C=O) groups is 1. The fourth-order valence-electron chi connectivity index (χ4n) is 3.54. The van der Waals surface area contributed by atoms with E-state index < -0.39 is 0 Å². The number of aromatic nitrogens is 2. The minimum Gasteiger partial charge on any atom is -0.307 e. The molecule has 5 heteroatoms. The highest BCUT2D eigenvalue weighted by atomic mass is 16.2. The summed E-state index contributed by atoms with van der Waals surface area (Å²) < 4.78 is 1.43. The number of aryl methyl sites for hydroxylation is 2. The molecule has 0 spiro atoms. The molecular weight excluding hydrogens is 350 g/mol. The molecule has 0 bridgehead atoms. The van der Waals surface area contributed by atoms with Crippen molar-refractivity contribution >= 4 is 22.4 Å². The Bertz CT molecular complexity index is 1060. The number of hydrogen-bond acceptors (Lipinski definition) is 3. The first-order valence-electron chi connectivity index (χ1n) is 9.71. The van der Waals surface area contributed by atoms with E-state index in [1.54, 1.807) is 17.0 Å². The van der Waals surface area contributed by atoms with Crippen LogP contribution in [0.1, 0.15) is 42.4 Å². The van der Waals surface area contributed by atoms with Gasteiger partial charge in [-0.25, -0.2) is 4.68 Å². The van der Waals surface area contributed by atoms with Crippen LogP contribution in [0.5, 0.6) is 0 Å². The van der Waals surface area contributed by atoms with Crippen molar-refractivity contribution in [2.75, 3.05) is 11.4 Å². The summed E-state index contributed by atoms with van der Waals surface area (Å²) in [6.45, 7) is 11.0. The maximum Gasteiger partial charge on any atom is 0.279 e. The SMILES string of the molecule is CCN(C(=O)c1nn(CC(C)C)c(=O)c2ccccc12)c1cc(C)cc(C)c1. The fourth-order valence-corrected chi connectivity index (χ4v) is 3.54. The molecule has 0 aliphatic rings. The molecule has 0 saturated heterocycles. The van der Waals surface area contributed by atoms with Crippen molar-refractivity contribution < 1.29 is 4.79 Å². The van der Waals surface area contributed by atoms with E-state index in [1.807, 2.05) is 58.9 Å². The molecule has 0 aliphatic heterocycles. The van der Waals surface area contributed by atoms with Gasteiger partial charge in [0.2, 0.25) is 0 Å². The first-order chi connectivity index (χ1) is 13.3. The largest absolute Gasteiger partial charge is 0.307 e. The van der Waals surface area contributed by atoms with Gasteiger partial charge in [0.15, 0.2) is 5.69 Å². The lowest BCUT2D eigenvalue weighted by molar-refractivity contribution is 0.0982. The first-order valence-corrected chi connectivity index (χ1v) is 9.71. The number of nitrogens with zero attached hydrogens (tertiary/aromatic N) is 3. The molecule has 1 heterocycles. The highest BCUT2D eigenvalue weighted by Gasteiger charge is 2.23. The quantitative estimate of drug-likeness (QED) is 0.665. The Morgan fingerprint density at radius 1 is 1.07 bits per heavy atom. The summed E-state index contributed by atoms with van der Waals surface area (Å²) in [6.07, 6.45) is 0. The molecule has 0 atom stereocenters. The van der Waals surface area contributed by atoms with Crippen LogP contribution in [0.4, 0.5) is 5.69 Å². The second-order valence-corrected chi connectivity index (χ2v) is 7.67. The zero-order valence-corrected chi connectivity index (χ0v) is 17.2. The fraction of sp³-hybridized carbons (Fsp3) is 0.348. The van der Waals surface area contributed by atoms with Crippen LogP contribution < -0.4 is 10.5 Å². The monoisotopic (exact) mass is 377 g/mol. The van der Waals surface area contributed by atoms with Gasteiger partial charge in [-0.1, -0.05) is 38.1 Å². The van der Waals surface area contributed by atoms with Crippen molar-refractivity contribution in [2.45, 2.75) is 41.2 Å². The van der Waals surface area contributed by atoms with Gasteiger partial charge < -0.3 is 4.90 Å². The Balaban J connectivity index is 2.19. The molecule has 0 radical (unpaired) electrons. The van der Waals surface area contributed by atoms with Crippen LogP contribution in [0, 0.1) is 19.8 Å². The Labute approximate surface area is 165 Å². The van der Waals surface area contributed by atoms with Crippen LogP contribution in [-0.4, -0.2) is 22.2 Å². The van der Waals surface area contributed by atoms with Gasteiger partial charge in [0, 0.05) is 24.2 Å². The second-order valence-electron chi connectivity index (χ2n) is 7.67. The van der Waals surface area contributed by atoms with Crippen molar-refractivity contribution in [2.24, 2.45) is 5.92 Å². The van der Waals surface area contributed by atoms with E-state index in [1.165, 1.54) is 4.68 Å². The zero-order valence-electron chi connectivity index (χ0n) is 17.2. The van der Waals surface area contributed by atoms with Crippen molar-refractivity contribution in [3.05, 3.63) is 69.6 Å². The molecule has 0 aliphatic carbocycles. The van der Waals surface area contributed by atoms with E-state index in [4.69, 9.17) is 0 Å². The first kappa shape index (κ1) is 19.8. The van der Waals surface area contributed by atoms with Crippen molar-refractivity contribution in [3.8, 4) is 0 Å². The van der Waals surface area contributed by atoms with Gasteiger partial charge in [0.25, 0.3) is 11.5 Å². The molecule has 146 valence electrons. The molecule has 28 heavy (non-hydrogen) atoms. The summed E-state index contributed by atoms with van der Waals surface area (Å²) in [5.41, 5.74) is 3.21. The minimum absolute atomic E-state index is 0.157. The topological polar surface area (TPSA) is 55.2 Å². The summed E-state index contributed by atoms with van der Waals surface area (Å²) in [6, 6.07) is 13.3. The Morgan fingerprint density at radius 3 is 2.25 bits per heavy atom. The number of rotatable bonds is 5. The summed E-state index contributed by atoms with van der Waals surface area (Å²) in [5.74, 6) is 0.0530. The number of fused-ring (bicyclic) bond motifs is 1. The summed E-state index contributed by atoms with van der Waals surface area (Å²) in [4.78, 5) is 28.0. The molecule has 1 amide bonds. The Hall–Kier alpha value is -2.95. The molecule has 0 N–H and O–H groups in total. The number of amides is 1. The lowest BCUT2D eigenvalue weighted by atomic mass is 10.1. The van der Waals surface area contributed by atoms with Crippen LogP contribution >= 0.6 is 0 Å². The standard InChI is InChI=1S/C23H27N3O2/c1-6-25(18-12-16(4)11-17(5)13-18)23(28)21-19-9-7-8-10-20(19)22(27)26(24-21)14-15(2)3/h7-13,15H,6,14H2,1-5H3. The summed E-state index contributed by atoms with van der Waals surface area (Å²) in [7, 11) is 0. The van der Waals surface area contributed by atoms with E-state index >= 15 is 0 Å². The van der Waals surface area contributed by atoms with Gasteiger partial charge in [0.05, 0.1) is 5.39 Å². The van der Waals surface area contributed by atoms with Crippen LogP contribution in [0.15, 0.2) is 47.3 Å². The smallest absolute Gasteiger partial charge is 0.279 e. The van der Waals surface area contributed by atoms with Gasteiger partial charge in [-0.15, -0.1) is 0 Å². The Kier molecular flexibility index (Phi) is 5.63. The van der Waals surface area contributed by atoms with Gasteiger partial charge >= 0.3 is 0 Å². The van der Waals surface area contributed by atoms with Crippen LogP contribution in [0.2, 0.25) is 0 Å². The van der Waals surface area contributed by atoms with Crippen molar-refractivity contribution in [1.82, 2.24) is 9.78 Å². The molecule has 0 unspecified atom stereocenters. The van der Waals surface area contributed by atoms with Gasteiger partial charge in [-0.05, 0) is 56.0 Å². The molecule has 0 fully saturated rings. The highest BCUT2D eigenvalue weighted by Crippen LogP contribution is 2.23. The van der Waals surface area contributed by atoms with E-state index in [0.29, 0.717) is 29.6 Å². The van der Waals surface area contributed by atoms with Crippen LogP contribution in [-0.2, 0) is 6.54 Å². The number of carbonyl (C=O) groups excluding carboxylic acids is 1. The third-order valence-corrected chi connectivity index (χ3v) is 4.69. The van der Waals surface area contributed by atoms with Gasteiger partial charge in [0.1, 0.15) is 0 Å². The average Bonchev–Trinajstić information content (AvgIpc) is 2.63. The predicted molar refractivity (Wildman–Crippen MR) is 114 cm³/mol. The molecule has 5 nitrogen and oxygen atoms in total. The van der Waals surface area contributed by atoms with Crippen LogP contribution in [0.25, 0.3) is 10.8 Å². The number of anilines is 1. The molecule has 3 aromatic rings. The Morgan fingerprint density at radius 2 is 1.68 bits per heavy atom. The zero-order chi connectivity index (χ0) is 20.4. The maximum absolute atomic E-state index is 13.5. The number of benzene rings is 2. The molecule has 0 saturated carbocycles. The van der Waals surface area contributed by atoms with E-state index in [0.717, 1.165) is 16.8 Å². The van der Waals surface area contributed by atoms with Gasteiger partial charge in [-0.3, -0.25) is 9.59 Å². The van der Waals surface area contributed by atoms with E-state index in [-0.39, 0.29) is 17.4 Å². The van der Waals surface area contributed by atoms with Crippen molar-refractivity contribution in [3.63, 3.8) is 0 Å². The normalized spacial score (nSPS) is 11.2. The molecule has 3 rings (SSSR count). The van der Waals surface area contributed by atoms with Gasteiger partial charge in [-0.2, -0.15) is 5.10 Å². The highest BCUT2D eigenvalue weighted by molar-refractivity contribution is 6.12. The predicted octanol–water partition coefficient (Wildman–Crippen LogP) is 4.34. The summed E-state index contributed by atoms with van der Waals surface area (Å²) >= 11 is 0.